The van der Waals surface area contributed by atoms with Crippen molar-refractivity contribution in [3.05, 3.63) is 0 Å². The van der Waals surface area contributed by atoms with Gasteiger partial charge in [0.2, 0.25) is 0 Å². The van der Waals surface area contributed by atoms with Gasteiger partial charge in [-0.15, -0.1) is 0 Å². The molecule has 2 nitrogen and oxygen atoms in total. The number of nitrogens with zero attached hydrogens (tertiary/aromatic N) is 2. The fraction of sp³-hybridized carbons (Fsp3) is 0.917. The van der Waals surface area contributed by atoms with Crippen LogP contribution in [0.5, 0.6) is 0 Å². The van der Waals surface area contributed by atoms with E-state index in [0.717, 1.165) is 11.8 Å². The minimum absolute atomic E-state index is 0.833. The Morgan fingerprint density at radius 1 is 1.07 bits per heavy atom. The van der Waals surface area contributed by atoms with E-state index in [1.54, 1.807) is 0 Å². The van der Waals surface area contributed by atoms with Gasteiger partial charge in [0.05, 0.1) is 0 Å². The second-order valence-corrected chi connectivity index (χ2v) is 4.98. The van der Waals surface area contributed by atoms with Crippen molar-refractivity contribution in [1.82, 2.24) is 5.01 Å². The van der Waals surface area contributed by atoms with Crippen LogP contribution in [0.3, 0.4) is 0 Å². The summed E-state index contributed by atoms with van der Waals surface area (Å²) in [4.78, 5) is 0. The molecule has 0 N–H and O–H groups in total. The van der Waals surface area contributed by atoms with Crippen LogP contribution in [0, 0.1) is 11.8 Å². The molecular formula is C12H22N2. The largest absolute Gasteiger partial charge is 0.303 e. The van der Waals surface area contributed by atoms with Crippen LogP contribution in [-0.2, 0) is 0 Å². The molecule has 0 spiro atoms. The predicted molar refractivity (Wildman–Crippen MR) is 60.4 cm³/mol. The highest BCUT2D eigenvalue weighted by Crippen LogP contribution is 2.39. The van der Waals surface area contributed by atoms with Crippen LogP contribution >= 0.6 is 0 Å². The third-order valence-corrected chi connectivity index (χ3v) is 3.67. The first-order chi connectivity index (χ1) is 6.77. The van der Waals surface area contributed by atoms with Crippen molar-refractivity contribution >= 4 is 5.71 Å². The van der Waals surface area contributed by atoms with Crippen LogP contribution < -0.4 is 0 Å². The van der Waals surface area contributed by atoms with E-state index in [-0.39, 0.29) is 0 Å². The standard InChI is InChI=1S/C12H22N2/c1-14(2)13-12-9-5-7-10-6-3-4-8-11(10)12/h10-11H,3-9H2,1-2H3/b13-12-/t10-,11?/m1/s1. The van der Waals surface area contributed by atoms with Gasteiger partial charge in [0.15, 0.2) is 0 Å². The molecule has 2 rings (SSSR count). The highest BCUT2D eigenvalue weighted by atomic mass is 15.4. The lowest BCUT2D eigenvalue weighted by Gasteiger charge is -2.36. The van der Waals surface area contributed by atoms with Crippen molar-refractivity contribution in [2.45, 2.75) is 44.9 Å². The van der Waals surface area contributed by atoms with Crippen LogP contribution in [0.15, 0.2) is 5.10 Å². The van der Waals surface area contributed by atoms with E-state index in [1.807, 2.05) is 19.1 Å². The van der Waals surface area contributed by atoms with Crippen LogP contribution in [0.4, 0.5) is 0 Å². The number of fused-ring (bicyclic) bond motifs is 1. The summed E-state index contributed by atoms with van der Waals surface area (Å²) in [6, 6.07) is 0. The molecule has 1 unspecified atom stereocenters. The fourth-order valence-electron chi connectivity index (χ4n) is 3.10. The molecule has 2 heteroatoms. The van der Waals surface area contributed by atoms with Gasteiger partial charge in [0, 0.05) is 25.7 Å². The van der Waals surface area contributed by atoms with Crippen LogP contribution in [-0.4, -0.2) is 24.8 Å². The summed E-state index contributed by atoms with van der Waals surface area (Å²) in [5, 5.41) is 6.65. The Balaban J connectivity index is 2.08. The predicted octanol–water partition coefficient (Wildman–Crippen LogP) is 2.89. The second-order valence-electron chi connectivity index (χ2n) is 4.98. The maximum atomic E-state index is 4.67. The van der Waals surface area contributed by atoms with Crippen LogP contribution in [0.2, 0.25) is 0 Å². The Hall–Kier alpha value is -0.530. The summed E-state index contributed by atoms with van der Waals surface area (Å²) in [6.45, 7) is 0. The molecule has 0 aromatic carbocycles. The van der Waals surface area contributed by atoms with Crippen LogP contribution in [0.1, 0.15) is 44.9 Å². The Labute approximate surface area is 87.4 Å². The SMILES string of the molecule is CN(C)/N=C1/CCC[C@H]2CCCCC12. The van der Waals surface area contributed by atoms with Gasteiger partial charge >= 0.3 is 0 Å². The number of hydrogen-bond donors (Lipinski definition) is 0. The summed E-state index contributed by atoms with van der Waals surface area (Å²) < 4.78 is 0. The van der Waals surface area contributed by atoms with Gasteiger partial charge in [0.1, 0.15) is 0 Å². The number of hydrogen-bond acceptors (Lipinski definition) is 2. The fourth-order valence-corrected chi connectivity index (χ4v) is 3.10. The molecule has 2 atom stereocenters. The minimum Gasteiger partial charge on any atom is -0.303 e. The van der Waals surface area contributed by atoms with E-state index in [4.69, 9.17) is 0 Å². The molecule has 0 amide bonds. The molecule has 0 heterocycles. The lowest BCUT2D eigenvalue weighted by atomic mass is 9.70. The highest BCUT2D eigenvalue weighted by molar-refractivity contribution is 5.87. The van der Waals surface area contributed by atoms with Crippen molar-refractivity contribution < 1.29 is 0 Å². The molecule has 80 valence electrons. The molecule has 0 radical (unpaired) electrons. The summed E-state index contributed by atoms with van der Waals surface area (Å²) in [7, 11) is 4.08. The zero-order valence-corrected chi connectivity index (χ0v) is 9.50. The highest BCUT2D eigenvalue weighted by Gasteiger charge is 2.32. The van der Waals surface area contributed by atoms with Gasteiger partial charge in [-0.3, -0.25) is 0 Å². The van der Waals surface area contributed by atoms with E-state index in [0.29, 0.717) is 0 Å². The molecule has 2 aliphatic rings. The summed E-state index contributed by atoms with van der Waals surface area (Å²) in [5.74, 6) is 1.80. The Morgan fingerprint density at radius 3 is 2.57 bits per heavy atom. The minimum atomic E-state index is 0.833. The van der Waals surface area contributed by atoms with Gasteiger partial charge < -0.3 is 5.01 Å². The molecule has 0 aromatic rings. The molecule has 2 aliphatic carbocycles. The second kappa shape index (κ2) is 4.33. The smallest absolute Gasteiger partial charge is 0.0414 e. The first-order valence-electron chi connectivity index (χ1n) is 6.02. The van der Waals surface area contributed by atoms with Gasteiger partial charge in [-0.05, 0) is 38.0 Å². The summed E-state index contributed by atoms with van der Waals surface area (Å²) >= 11 is 0. The summed E-state index contributed by atoms with van der Waals surface area (Å²) in [6.07, 6.45) is 9.81. The van der Waals surface area contributed by atoms with Crippen molar-refractivity contribution in [2.75, 3.05) is 14.1 Å². The Bertz CT molecular complexity index is 218. The molecule has 0 aliphatic heterocycles. The monoisotopic (exact) mass is 194 g/mol. The van der Waals surface area contributed by atoms with Crippen LogP contribution in [0.25, 0.3) is 0 Å². The number of hydrazone groups is 1. The van der Waals surface area contributed by atoms with E-state index in [2.05, 4.69) is 5.10 Å². The number of rotatable bonds is 1. The van der Waals surface area contributed by atoms with Gasteiger partial charge in [-0.2, -0.15) is 5.10 Å². The van der Waals surface area contributed by atoms with Crippen molar-refractivity contribution in [2.24, 2.45) is 16.9 Å². The topological polar surface area (TPSA) is 15.6 Å². The first-order valence-corrected chi connectivity index (χ1v) is 6.02. The molecular weight excluding hydrogens is 172 g/mol. The van der Waals surface area contributed by atoms with E-state index in [1.165, 1.54) is 50.7 Å². The normalized spacial score (nSPS) is 35.4. The van der Waals surface area contributed by atoms with Gasteiger partial charge in [0.25, 0.3) is 0 Å². The summed E-state index contributed by atoms with van der Waals surface area (Å²) in [5.41, 5.74) is 1.49. The zero-order valence-electron chi connectivity index (χ0n) is 9.50. The first kappa shape index (κ1) is 10.0. The van der Waals surface area contributed by atoms with E-state index >= 15 is 0 Å². The quantitative estimate of drug-likeness (QED) is 0.586. The van der Waals surface area contributed by atoms with E-state index < -0.39 is 0 Å². The molecule has 0 bridgehead atoms. The lowest BCUT2D eigenvalue weighted by Crippen LogP contribution is -2.32. The van der Waals surface area contributed by atoms with Crippen molar-refractivity contribution in [1.29, 1.82) is 0 Å². The molecule has 0 saturated heterocycles. The maximum absolute atomic E-state index is 4.67. The molecule has 14 heavy (non-hydrogen) atoms. The zero-order chi connectivity index (χ0) is 9.97. The van der Waals surface area contributed by atoms with E-state index in [9.17, 15) is 0 Å². The third kappa shape index (κ3) is 2.10. The molecule has 2 fully saturated rings. The Kier molecular flexibility index (Phi) is 3.09. The average Bonchev–Trinajstić information content (AvgIpc) is 2.18. The third-order valence-electron chi connectivity index (χ3n) is 3.67. The molecule has 0 aromatic heterocycles. The van der Waals surface area contributed by atoms with Gasteiger partial charge in [-0.1, -0.05) is 12.8 Å². The lowest BCUT2D eigenvalue weighted by molar-refractivity contribution is 0.256. The Morgan fingerprint density at radius 2 is 1.79 bits per heavy atom. The maximum Gasteiger partial charge on any atom is 0.0414 e. The van der Waals surface area contributed by atoms with Crippen molar-refractivity contribution in [3.63, 3.8) is 0 Å². The van der Waals surface area contributed by atoms with Gasteiger partial charge in [-0.25, -0.2) is 0 Å². The molecule has 2 saturated carbocycles. The van der Waals surface area contributed by atoms with Crippen molar-refractivity contribution in [3.8, 4) is 0 Å². The average molecular weight is 194 g/mol.